The lowest BCUT2D eigenvalue weighted by atomic mass is 10.0. The van der Waals surface area contributed by atoms with Crippen molar-refractivity contribution >= 4 is 23.8 Å². The van der Waals surface area contributed by atoms with Gasteiger partial charge in [0.15, 0.2) is 0 Å². The number of nitrogens with zero attached hydrogens (tertiary/aromatic N) is 1. The molecule has 0 aromatic heterocycles. The highest BCUT2D eigenvalue weighted by Gasteiger charge is 2.50. The van der Waals surface area contributed by atoms with Gasteiger partial charge in [0.25, 0.3) is 0 Å². The number of hydrogen-bond acceptors (Lipinski definition) is 5. The van der Waals surface area contributed by atoms with E-state index in [1.807, 2.05) is 34.6 Å². The average Bonchev–Trinajstić information content (AvgIpc) is 2.61. The molecule has 0 saturated carbocycles. The van der Waals surface area contributed by atoms with E-state index in [0.29, 0.717) is 6.61 Å². The van der Waals surface area contributed by atoms with Crippen LogP contribution in [0.2, 0.25) is 0 Å². The summed E-state index contributed by atoms with van der Waals surface area (Å²) in [4.78, 5) is 24.7. The van der Waals surface area contributed by atoms with Gasteiger partial charge in [-0.1, -0.05) is 0 Å². The Morgan fingerprint density at radius 1 is 1.32 bits per heavy atom. The third-order valence-corrected chi connectivity index (χ3v) is 4.87. The highest BCUT2D eigenvalue weighted by molar-refractivity contribution is 8.01. The number of carboxylic acid groups (broad SMARTS) is 1. The van der Waals surface area contributed by atoms with Gasteiger partial charge in [-0.15, -0.1) is 11.8 Å². The molecule has 0 aliphatic carbocycles. The van der Waals surface area contributed by atoms with Crippen molar-refractivity contribution in [3.8, 4) is 0 Å². The van der Waals surface area contributed by atoms with Crippen molar-refractivity contribution in [1.82, 2.24) is 4.90 Å². The molecule has 1 amide bonds. The van der Waals surface area contributed by atoms with Crippen LogP contribution in [0.15, 0.2) is 0 Å². The lowest BCUT2D eigenvalue weighted by Gasteiger charge is -2.38. The minimum Gasteiger partial charge on any atom is -0.465 e. The van der Waals surface area contributed by atoms with Gasteiger partial charge in [0.1, 0.15) is 11.3 Å². The molecule has 7 heteroatoms. The average molecular weight is 333 g/mol. The number of ether oxygens (including phenoxy) is 2. The molecular weight excluding hydrogens is 306 g/mol. The van der Waals surface area contributed by atoms with Crippen LogP contribution in [-0.2, 0) is 14.3 Å². The summed E-state index contributed by atoms with van der Waals surface area (Å²) in [6.45, 7) is 13.1. The standard InChI is InChI=1S/C15H27NO5S/c1-13(2,3)21-11(17)9-22-14(4,5)10-8-20-15(6,7)16(10)12(18)19/h10H,8-9H2,1-7H3,(H,18,19)/t10-/m1/s1. The molecule has 1 saturated heterocycles. The highest BCUT2D eigenvalue weighted by Crippen LogP contribution is 2.39. The fourth-order valence-electron chi connectivity index (χ4n) is 2.39. The topological polar surface area (TPSA) is 76.1 Å². The smallest absolute Gasteiger partial charge is 0.409 e. The van der Waals surface area contributed by atoms with Crippen molar-refractivity contribution < 1.29 is 24.2 Å². The molecule has 0 bridgehead atoms. The Morgan fingerprint density at radius 2 is 1.86 bits per heavy atom. The highest BCUT2D eigenvalue weighted by atomic mass is 32.2. The van der Waals surface area contributed by atoms with E-state index >= 15 is 0 Å². The first-order valence-electron chi connectivity index (χ1n) is 7.28. The summed E-state index contributed by atoms with van der Waals surface area (Å²) >= 11 is 1.39. The van der Waals surface area contributed by atoms with Gasteiger partial charge in [0, 0.05) is 4.75 Å². The monoisotopic (exact) mass is 333 g/mol. The molecule has 22 heavy (non-hydrogen) atoms. The number of hydrogen-bond donors (Lipinski definition) is 1. The fraction of sp³-hybridized carbons (Fsp3) is 0.867. The predicted molar refractivity (Wildman–Crippen MR) is 86.1 cm³/mol. The first-order valence-corrected chi connectivity index (χ1v) is 8.27. The zero-order valence-electron chi connectivity index (χ0n) is 14.4. The summed E-state index contributed by atoms with van der Waals surface area (Å²) in [6.07, 6.45) is -1.02. The summed E-state index contributed by atoms with van der Waals surface area (Å²) in [5.74, 6) is -0.125. The number of carbonyl (C=O) groups excluding carboxylic acids is 1. The fourth-order valence-corrected chi connectivity index (χ4v) is 3.30. The van der Waals surface area contributed by atoms with Gasteiger partial charge in [-0.2, -0.15) is 0 Å². The maximum atomic E-state index is 11.9. The Hall–Kier alpha value is -0.950. The van der Waals surface area contributed by atoms with E-state index in [9.17, 15) is 14.7 Å². The molecule has 1 heterocycles. The van der Waals surface area contributed by atoms with Gasteiger partial charge in [0.05, 0.1) is 18.4 Å². The number of rotatable bonds is 4. The summed E-state index contributed by atoms with van der Waals surface area (Å²) in [5, 5.41) is 9.46. The van der Waals surface area contributed by atoms with E-state index in [0.717, 1.165) is 0 Å². The summed E-state index contributed by atoms with van der Waals surface area (Å²) in [6, 6.07) is -0.326. The van der Waals surface area contributed by atoms with Gasteiger partial charge in [0.2, 0.25) is 0 Å². The van der Waals surface area contributed by atoms with Gasteiger partial charge in [-0.3, -0.25) is 9.69 Å². The van der Waals surface area contributed by atoms with Gasteiger partial charge in [-0.25, -0.2) is 4.79 Å². The van der Waals surface area contributed by atoms with Crippen LogP contribution in [-0.4, -0.2) is 56.5 Å². The first kappa shape index (κ1) is 19.1. The predicted octanol–water partition coefficient (Wildman–Crippen LogP) is 2.95. The van der Waals surface area contributed by atoms with Gasteiger partial charge < -0.3 is 14.6 Å². The summed E-state index contributed by atoms with van der Waals surface area (Å²) in [5.41, 5.74) is -1.38. The molecule has 1 N–H and O–H groups in total. The van der Waals surface area contributed by atoms with Crippen LogP contribution < -0.4 is 0 Å². The van der Waals surface area contributed by atoms with Crippen LogP contribution >= 0.6 is 11.8 Å². The lowest BCUT2D eigenvalue weighted by Crippen LogP contribution is -2.53. The second-order valence-electron chi connectivity index (χ2n) is 7.40. The molecule has 1 aliphatic heterocycles. The Kier molecular flexibility index (Phi) is 5.45. The Balaban J connectivity index is 2.74. The van der Waals surface area contributed by atoms with E-state index in [4.69, 9.17) is 9.47 Å². The Bertz CT molecular complexity index is 442. The molecule has 0 spiro atoms. The molecule has 0 aromatic rings. The second-order valence-corrected chi connectivity index (χ2v) is 9.03. The number of esters is 1. The molecule has 6 nitrogen and oxygen atoms in total. The molecule has 1 rings (SSSR count). The Labute approximate surface area is 136 Å². The van der Waals surface area contributed by atoms with Crippen LogP contribution in [0.5, 0.6) is 0 Å². The van der Waals surface area contributed by atoms with E-state index < -0.39 is 22.2 Å². The molecule has 1 aliphatic rings. The largest absolute Gasteiger partial charge is 0.465 e. The van der Waals surface area contributed by atoms with Crippen LogP contribution in [0.4, 0.5) is 4.79 Å². The minimum atomic E-state index is -1.02. The summed E-state index contributed by atoms with van der Waals surface area (Å²) in [7, 11) is 0. The third kappa shape index (κ3) is 4.78. The van der Waals surface area contributed by atoms with Gasteiger partial charge in [-0.05, 0) is 48.5 Å². The van der Waals surface area contributed by atoms with E-state index in [1.165, 1.54) is 16.7 Å². The maximum Gasteiger partial charge on any atom is 0.409 e. The quantitative estimate of drug-likeness (QED) is 0.797. The van der Waals surface area contributed by atoms with Crippen LogP contribution in [0.25, 0.3) is 0 Å². The molecule has 1 fully saturated rings. The SMILES string of the molecule is CC(C)(C)OC(=O)CSC(C)(C)[C@H]1COC(C)(C)N1C(=O)O. The Morgan fingerprint density at radius 3 is 2.32 bits per heavy atom. The molecular formula is C15H27NO5S. The first-order chi connectivity index (χ1) is 9.76. The molecule has 0 radical (unpaired) electrons. The molecule has 0 aromatic carbocycles. The second kappa shape index (κ2) is 6.28. The molecule has 1 atom stereocenters. The van der Waals surface area contributed by atoms with Crippen LogP contribution in [0, 0.1) is 0 Å². The number of amides is 1. The number of thioether (sulfide) groups is 1. The molecule has 0 unspecified atom stereocenters. The summed E-state index contributed by atoms with van der Waals surface area (Å²) < 4.78 is 10.4. The van der Waals surface area contributed by atoms with Crippen molar-refractivity contribution in [3.05, 3.63) is 0 Å². The van der Waals surface area contributed by atoms with Crippen molar-refractivity contribution in [3.63, 3.8) is 0 Å². The van der Waals surface area contributed by atoms with Crippen LogP contribution in [0.3, 0.4) is 0 Å². The normalized spacial score (nSPS) is 21.8. The van der Waals surface area contributed by atoms with Crippen molar-refractivity contribution in [1.29, 1.82) is 0 Å². The third-order valence-electron chi connectivity index (χ3n) is 3.48. The number of carbonyl (C=O) groups is 2. The van der Waals surface area contributed by atoms with Gasteiger partial charge >= 0.3 is 12.1 Å². The van der Waals surface area contributed by atoms with E-state index in [2.05, 4.69) is 0 Å². The van der Waals surface area contributed by atoms with Crippen molar-refractivity contribution in [2.24, 2.45) is 0 Å². The zero-order chi connectivity index (χ0) is 17.3. The lowest BCUT2D eigenvalue weighted by molar-refractivity contribution is -0.151. The van der Waals surface area contributed by atoms with Crippen molar-refractivity contribution in [2.45, 2.75) is 70.6 Å². The van der Waals surface area contributed by atoms with E-state index in [-0.39, 0.29) is 17.8 Å². The maximum absolute atomic E-state index is 11.9. The zero-order valence-corrected chi connectivity index (χ0v) is 15.2. The van der Waals surface area contributed by atoms with Crippen LogP contribution in [0.1, 0.15) is 48.5 Å². The minimum absolute atomic E-state index is 0.175. The van der Waals surface area contributed by atoms with Crippen molar-refractivity contribution in [2.75, 3.05) is 12.4 Å². The molecule has 128 valence electrons. The van der Waals surface area contributed by atoms with E-state index in [1.54, 1.807) is 13.8 Å².